The molecule has 0 atom stereocenters. The average molecular weight is 284 g/mol. The molecule has 0 bridgehead atoms. The van der Waals surface area contributed by atoms with Crippen molar-refractivity contribution in [2.75, 3.05) is 6.79 Å². The third kappa shape index (κ3) is 6.53. The van der Waals surface area contributed by atoms with Crippen molar-refractivity contribution in [3.05, 3.63) is 35.4 Å². The molecular formula is C13H17O5P. The van der Waals surface area contributed by atoms with Gasteiger partial charge in [-0.15, -0.1) is 6.42 Å². The van der Waals surface area contributed by atoms with Gasteiger partial charge in [-0.3, -0.25) is 4.52 Å². The predicted molar refractivity (Wildman–Crippen MR) is 71.2 cm³/mol. The third-order valence-electron chi connectivity index (χ3n) is 2.42. The number of hydrogen-bond acceptors (Lipinski definition) is 3. The quantitative estimate of drug-likeness (QED) is 0.475. The van der Waals surface area contributed by atoms with Crippen molar-refractivity contribution >= 4 is 7.82 Å². The minimum atomic E-state index is -4.49. The van der Waals surface area contributed by atoms with E-state index in [2.05, 4.69) is 10.4 Å². The molecule has 0 fully saturated rings. The van der Waals surface area contributed by atoms with Crippen LogP contribution in [0.1, 0.15) is 25.0 Å². The fourth-order valence-corrected chi connectivity index (χ4v) is 1.71. The van der Waals surface area contributed by atoms with Gasteiger partial charge in [0.1, 0.15) is 0 Å². The van der Waals surface area contributed by atoms with Crippen molar-refractivity contribution < 1.29 is 23.6 Å². The Morgan fingerprint density at radius 1 is 1.32 bits per heavy atom. The van der Waals surface area contributed by atoms with Crippen LogP contribution in [0.25, 0.3) is 0 Å². The van der Waals surface area contributed by atoms with Gasteiger partial charge in [-0.1, -0.05) is 18.1 Å². The standard InChI is InChI=1S/C13H17O5P/c1-4-11-5-7-12(8-6-11)9-13(2,3)17-10-18-19(14,15)16/h1,5-8H,9-10H2,2-3H3,(H2,14,15,16). The summed E-state index contributed by atoms with van der Waals surface area (Å²) in [6.07, 6.45) is 5.84. The van der Waals surface area contributed by atoms with E-state index in [0.29, 0.717) is 6.42 Å². The molecule has 0 unspecified atom stereocenters. The SMILES string of the molecule is C#Cc1ccc(CC(C)(C)OCOP(=O)(O)O)cc1. The second-order valence-electron chi connectivity index (χ2n) is 4.66. The minimum Gasteiger partial charge on any atom is -0.349 e. The van der Waals surface area contributed by atoms with Crippen molar-refractivity contribution in [2.24, 2.45) is 0 Å². The largest absolute Gasteiger partial charge is 0.471 e. The summed E-state index contributed by atoms with van der Waals surface area (Å²) in [5.74, 6) is 2.53. The molecule has 0 aliphatic carbocycles. The number of phosphoric acid groups is 1. The summed E-state index contributed by atoms with van der Waals surface area (Å²) in [7, 11) is -4.49. The number of benzene rings is 1. The topological polar surface area (TPSA) is 76.0 Å². The molecule has 5 nitrogen and oxygen atoms in total. The van der Waals surface area contributed by atoms with Crippen molar-refractivity contribution in [2.45, 2.75) is 25.9 Å². The van der Waals surface area contributed by atoms with Crippen molar-refractivity contribution in [1.29, 1.82) is 0 Å². The van der Waals surface area contributed by atoms with Gasteiger partial charge in [0.15, 0.2) is 6.79 Å². The van der Waals surface area contributed by atoms with Crippen molar-refractivity contribution in [3.63, 3.8) is 0 Å². The molecule has 2 N–H and O–H groups in total. The Morgan fingerprint density at radius 2 is 1.89 bits per heavy atom. The van der Waals surface area contributed by atoms with E-state index in [1.165, 1.54) is 0 Å². The van der Waals surface area contributed by atoms with Crippen molar-refractivity contribution in [3.8, 4) is 12.3 Å². The summed E-state index contributed by atoms with van der Waals surface area (Å²) >= 11 is 0. The first kappa shape index (κ1) is 15.9. The van der Waals surface area contributed by atoms with Gasteiger partial charge >= 0.3 is 7.82 Å². The van der Waals surface area contributed by atoms with Gasteiger partial charge in [-0.25, -0.2) is 4.57 Å². The lowest BCUT2D eigenvalue weighted by Crippen LogP contribution is -2.28. The maximum atomic E-state index is 10.5. The molecule has 0 heterocycles. The summed E-state index contributed by atoms with van der Waals surface area (Å²) < 4.78 is 20.1. The molecule has 19 heavy (non-hydrogen) atoms. The number of rotatable bonds is 6. The second kappa shape index (κ2) is 6.33. The molecule has 0 radical (unpaired) electrons. The molecular weight excluding hydrogens is 267 g/mol. The van der Waals surface area contributed by atoms with Crippen molar-refractivity contribution in [1.82, 2.24) is 0 Å². The average Bonchev–Trinajstić information content (AvgIpc) is 2.27. The molecule has 104 valence electrons. The Hall–Kier alpha value is -1.15. The van der Waals surface area contributed by atoms with E-state index in [-0.39, 0.29) is 0 Å². The fraction of sp³-hybridized carbons (Fsp3) is 0.385. The smallest absolute Gasteiger partial charge is 0.349 e. The first-order valence-electron chi connectivity index (χ1n) is 5.61. The Kier molecular flexibility index (Phi) is 5.30. The number of terminal acetylenes is 1. The van der Waals surface area contributed by atoms with Crippen LogP contribution in [-0.2, 0) is 20.2 Å². The first-order chi connectivity index (χ1) is 8.72. The van der Waals surface area contributed by atoms with Crippen LogP contribution in [0, 0.1) is 12.3 Å². The summed E-state index contributed by atoms with van der Waals surface area (Å²) in [4.78, 5) is 17.1. The number of phosphoric ester groups is 1. The normalized spacial score (nSPS) is 12.2. The van der Waals surface area contributed by atoms with E-state index in [4.69, 9.17) is 20.9 Å². The molecule has 1 aromatic rings. The van der Waals surface area contributed by atoms with E-state index >= 15 is 0 Å². The van der Waals surface area contributed by atoms with Gasteiger partial charge in [-0.05, 0) is 31.5 Å². The van der Waals surface area contributed by atoms with Crippen LogP contribution in [-0.4, -0.2) is 22.2 Å². The molecule has 1 aromatic carbocycles. The van der Waals surface area contributed by atoms with Gasteiger partial charge in [0.05, 0.1) is 5.60 Å². The van der Waals surface area contributed by atoms with Crippen LogP contribution in [0.2, 0.25) is 0 Å². The van der Waals surface area contributed by atoms with Gasteiger partial charge in [-0.2, -0.15) is 0 Å². The summed E-state index contributed by atoms with van der Waals surface area (Å²) in [6.45, 7) is 3.16. The predicted octanol–water partition coefficient (Wildman–Crippen LogP) is 2.07. The van der Waals surface area contributed by atoms with Gasteiger partial charge < -0.3 is 14.5 Å². The molecule has 6 heteroatoms. The summed E-state index contributed by atoms with van der Waals surface area (Å²) in [5, 5.41) is 0. The second-order valence-corrected chi connectivity index (χ2v) is 5.90. The van der Waals surface area contributed by atoms with Crippen LogP contribution in [0.5, 0.6) is 0 Å². The monoisotopic (exact) mass is 284 g/mol. The lowest BCUT2D eigenvalue weighted by molar-refractivity contribution is -0.0928. The Labute approximate surface area is 112 Å². The molecule has 0 spiro atoms. The Bertz CT molecular complexity index is 495. The zero-order valence-corrected chi connectivity index (χ0v) is 11.8. The molecule has 0 aliphatic rings. The molecule has 0 aliphatic heterocycles. The summed E-state index contributed by atoms with van der Waals surface area (Å²) in [5.41, 5.74) is 1.21. The van der Waals surface area contributed by atoms with E-state index in [0.717, 1.165) is 11.1 Å². The fourth-order valence-electron chi connectivity index (χ4n) is 1.52. The van der Waals surface area contributed by atoms with Gasteiger partial charge in [0.2, 0.25) is 0 Å². The van der Waals surface area contributed by atoms with Crippen LogP contribution in [0.4, 0.5) is 0 Å². The van der Waals surface area contributed by atoms with Crippen LogP contribution in [0.3, 0.4) is 0 Å². The Balaban J connectivity index is 2.53. The zero-order valence-electron chi connectivity index (χ0n) is 10.9. The van der Waals surface area contributed by atoms with Gasteiger partial charge in [0.25, 0.3) is 0 Å². The Morgan fingerprint density at radius 3 is 2.37 bits per heavy atom. The van der Waals surface area contributed by atoms with Gasteiger partial charge in [0, 0.05) is 12.0 Å². The van der Waals surface area contributed by atoms with E-state index in [9.17, 15) is 4.57 Å². The van der Waals surface area contributed by atoms with E-state index in [1.807, 2.05) is 38.1 Å². The highest BCUT2D eigenvalue weighted by molar-refractivity contribution is 7.46. The first-order valence-corrected chi connectivity index (χ1v) is 7.14. The third-order valence-corrected chi connectivity index (χ3v) is 2.86. The van der Waals surface area contributed by atoms with E-state index < -0.39 is 20.2 Å². The highest BCUT2D eigenvalue weighted by Gasteiger charge is 2.22. The highest BCUT2D eigenvalue weighted by atomic mass is 31.2. The molecule has 0 saturated carbocycles. The number of hydrogen-bond donors (Lipinski definition) is 2. The lowest BCUT2D eigenvalue weighted by Gasteiger charge is -2.25. The molecule has 0 saturated heterocycles. The van der Waals surface area contributed by atoms with Crippen LogP contribution >= 0.6 is 7.82 Å². The molecule has 0 amide bonds. The lowest BCUT2D eigenvalue weighted by atomic mass is 9.98. The molecule has 1 rings (SSSR count). The molecule has 0 aromatic heterocycles. The number of ether oxygens (including phenoxy) is 1. The minimum absolute atomic E-state index is 0.459. The maximum absolute atomic E-state index is 10.5. The van der Waals surface area contributed by atoms with Crippen LogP contribution < -0.4 is 0 Å². The van der Waals surface area contributed by atoms with E-state index in [1.54, 1.807) is 0 Å². The van der Waals surface area contributed by atoms with Crippen LogP contribution in [0.15, 0.2) is 24.3 Å². The highest BCUT2D eigenvalue weighted by Crippen LogP contribution is 2.36. The summed E-state index contributed by atoms with van der Waals surface area (Å²) in [6, 6.07) is 7.45. The zero-order chi connectivity index (χ0) is 14.5. The maximum Gasteiger partial charge on any atom is 0.471 e.